The zero-order valence-electron chi connectivity index (χ0n) is 16.3. The van der Waals surface area contributed by atoms with Gasteiger partial charge in [-0.15, -0.1) is 0 Å². The maximum absolute atomic E-state index is 12.2. The van der Waals surface area contributed by atoms with E-state index in [9.17, 15) is 28.1 Å². The van der Waals surface area contributed by atoms with Gasteiger partial charge >= 0.3 is 6.03 Å². The summed E-state index contributed by atoms with van der Waals surface area (Å²) in [5, 5.41) is 18.8. The summed E-state index contributed by atoms with van der Waals surface area (Å²) < 4.78 is 26.7. The van der Waals surface area contributed by atoms with Crippen molar-refractivity contribution in [1.29, 1.82) is 0 Å². The van der Waals surface area contributed by atoms with Gasteiger partial charge < -0.3 is 16.0 Å². The van der Waals surface area contributed by atoms with E-state index in [1.54, 1.807) is 12.1 Å². The Balaban J connectivity index is 1.45. The molecule has 0 aliphatic heterocycles. The van der Waals surface area contributed by atoms with Gasteiger partial charge in [-0.1, -0.05) is 6.07 Å². The lowest BCUT2D eigenvalue weighted by Crippen LogP contribution is -2.34. The molecule has 0 heterocycles. The predicted octanol–water partition coefficient (Wildman–Crippen LogP) is 1.59. The largest absolute Gasteiger partial charge is 0.351 e. The molecule has 1 fully saturated rings. The zero-order valence-corrected chi connectivity index (χ0v) is 17.1. The summed E-state index contributed by atoms with van der Waals surface area (Å²) >= 11 is 0. The van der Waals surface area contributed by atoms with Gasteiger partial charge in [0.05, 0.1) is 9.82 Å². The minimum absolute atomic E-state index is 0.0107. The van der Waals surface area contributed by atoms with Crippen molar-refractivity contribution >= 4 is 33.3 Å². The molecule has 0 aromatic heterocycles. The van der Waals surface area contributed by atoms with E-state index in [1.165, 1.54) is 30.3 Å². The highest BCUT2D eigenvalue weighted by molar-refractivity contribution is 7.89. The average Bonchev–Trinajstić information content (AvgIpc) is 3.55. The van der Waals surface area contributed by atoms with Gasteiger partial charge in [-0.25, -0.2) is 17.9 Å². The fourth-order valence-electron chi connectivity index (χ4n) is 2.60. The Morgan fingerprint density at radius 3 is 2.42 bits per heavy atom. The second-order valence-corrected chi connectivity index (χ2v) is 8.63. The van der Waals surface area contributed by atoms with Crippen molar-refractivity contribution in [2.24, 2.45) is 0 Å². The summed E-state index contributed by atoms with van der Waals surface area (Å²) in [6, 6.07) is 10.9. The summed E-state index contributed by atoms with van der Waals surface area (Å²) in [7, 11) is -3.95. The highest BCUT2D eigenvalue weighted by Gasteiger charge is 2.23. The molecule has 0 saturated heterocycles. The Kier molecular flexibility index (Phi) is 6.82. The van der Waals surface area contributed by atoms with Crippen molar-refractivity contribution in [3.8, 4) is 0 Å². The number of benzene rings is 2. The van der Waals surface area contributed by atoms with Crippen LogP contribution in [0.4, 0.5) is 16.2 Å². The van der Waals surface area contributed by atoms with Crippen molar-refractivity contribution in [3.05, 3.63) is 64.2 Å². The van der Waals surface area contributed by atoms with Gasteiger partial charge in [-0.05, 0) is 43.2 Å². The van der Waals surface area contributed by atoms with Crippen LogP contribution >= 0.6 is 0 Å². The van der Waals surface area contributed by atoms with E-state index in [1.807, 2.05) is 0 Å². The van der Waals surface area contributed by atoms with Crippen molar-refractivity contribution in [1.82, 2.24) is 15.4 Å². The quantitative estimate of drug-likeness (QED) is 0.259. The molecule has 3 amide bonds. The van der Waals surface area contributed by atoms with Gasteiger partial charge in [-0.2, -0.15) is 0 Å². The molecule has 0 atom stereocenters. The number of nitro groups is 1. The lowest BCUT2D eigenvalue weighted by atomic mass is 10.2. The summed E-state index contributed by atoms with van der Waals surface area (Å²) in [5.41, 5.74) is 0.549. The molecular formula is C19H21N5O6S. The number of non-ortho nitro benzene ring substituents is 1. The minimum atomic E-state index is -3.95. The average molecular weight is 447 g/mol. The number of hydrogen-bond donors (Lipinski definition) is 4. The van der Waals surface area contributed by atoms with Gasteiger partial charge in [0, 0.05) is 42.5 Å². The van der Waals surface area contributed by atoms with Crippen molar-refractivity contribution < 1.29 is 22.9 Å². The molecule has 2 aromatic carbocycles. The first kappa shape index (κ1) is 22.2. The van der Waals surface area contributed by atoms with E-state index >= 15 is 0 Å². The smallest absolute Gasteiger partial charge is 0.319 e. The number of nitrogens with one attached hydrogen (secondary N) is 4. The Hall–Kier alpha value is -3.51. The molecule has 3 rings (SSSR count). The van der Waals surface area contributed by atoms with E-state index in [-0.39, 0.29) is 35.7 Å². The van der Waals surface area contributed by atoms with E-state index in [0.29, 0.717) is 11.3 Å². The van der Waals surface area contributed by atoms with Crippen LogP contribution in [0.15, 0.2) is 53.4 Å². The van der Waals surface area contributed by atoms with Gasteiger partial charge in [0.15, 0.2) is 0 Å². The van der Waals surface area contributed by atoms with Gasteiger partial charge in [0.1, 0.15) is 0 Å². The zero-order chi connectivity index (χ0) is 22.4. The number of carbonyl (C=O) groups excluding carboxylic acids is 2. The predicted molar refractivity (Wildman–Crippen MR) is 112 cm³/mol. The molecule has 1 aliphatic rings. The van der Waals surface area contributed by atoms with Gasteiger partial charge in [-0.3, -0.25) is 14.9 Å². The standard InChI is InChI=1S/C19H21N5O6S/c25-18(13-4-6-14(7-5-13)22-19(26)23-15-8-9-15)20-10-11-21-31(29,30)17-3-1-2-16(12-17)24(27)28/h1-7,12,15,21H,8-11H2,(H,20,25)(H2,22,23,26). The van der Waals surface area contributed by atoms with Crippen molar-refractivity contribution in [2.45, 2.75) is 23.8 Å². The SMILES string of the molecule is O=C(Nc1ccc(C(=O)NCCNS(=O)(=O)c2cccc([N+](=O)[O-])c2)cc1)NC1CC1. The molecule has 0 bridgehead atoms. The lowest BCUT2D eigenvalue weighted by Gasteiger charge is -2.09. The van der Waals surface area contributed by atoms with E-state index < -0.39 is 20.9 Å². The minimum Gasteiger partial charge on any atom is -0.351 e. The number of hydrogen-bond acceptors (Lipinski definition) is 6. The number of amides is 3. The maximum Gasteiger partial charge on any atom is 0.319 e. The molecule has 0 radical (unpaired) electrons. The molecule has 4 N–H and O–H groups in total. The molecule has 1 saturated carbocycles. The van der Waals surface area contributed by atoms with Crippen LogP contribution in [0.25, 0.3) is 0 Å². The third-order valence-electron chi connectivity index (χ3n) is 4.36. The second-order valence-electron chi connectivity index (χ2n) is 6.86. The lowest BCUT2D eigenvalue weighted by molar-refractivity contribution is -0.385. The van der Waals surface area contributed by atoms with Crippen LogP contribution in [0.5, 0.6) is 0 Å². The van der Waals surface area contributed by atoms with Crippen molar-refractivity contribution in [2.75, 3.05) is 18.4 Å². The van der Waals surface area contributed by atoms with Crippen LogP contribution in [-0.2, 0) is 10.0 Å². The number of rotatable bonds is 9. The van der Waals surface area contributed by atoms with Gasteiger partial charge in [0.25, 0.3) is 11.6 Å². The van der Waals surface area contributed by atoms with Crippen LogP contribution in [-0.4, -0.2) is 44.4 Å². The third kappa shape index (κ3) is 6.49. The summed E-state index contributed by atoms with van der Waals surface area (Å²) in [4.78, 5) is 33.8. The number of sulfonamides is 1. The summed E-state index contributed by atoms with van der Waals surface area (Å²) in [6.45, 7) is -0.0888. The molecular weight excluding hydrogens is 426 g/mol. The molecule has 2 aromatic rings. The fraction of sp³-hybridized carbons (Fsp3) is 0.263. The first-order valence-corrected chi connectivity index (χ1v) is 10.9. The monoisotopic (exact) mass is 447 g/mol. The number of anilines is 1. The third-order valence-corrected chi connectivity index (χ3v) is 5.82. The van der Waals surface area contributed by atoms with E-state index in [2.05, 4.69) is 20.7 Å². The Bertz CT molecular complexity index is 1080. The number of urea groups is 1. The molecule has 12 heteroatoms. The van der Waals surface area contributed by atoms with Gasteiger partial charge in [0.2, 0.25) is 10.0 Å². The molecule has 1 aliphatic carbocycles. The first-order chi connectivity index (χ1) is 14.7. The number of nitro benzene ring substituents is 1. The first-order valence-electron chi connectivity index (χ1n) is 9.44. The molecule has 0 spiro atoms. The van der Waals surface area contributed by atoms with Crippen LogP contribution in [0.3, 0.4) is 0 Å². The van der Waals surface area contributed by atoms with Crippen LogP contribution in [0, 0.1) is 10.1 Å². The summed E-state index contributed by atoms with van der Waals surface area (Å²) in [6.07, 6.45) is 1.96. The van der Waals surface area contributed by atoms with Crippen LogP contribution in [0.1, 0.15) is 23.2 Å². The molecule has 164 valence electrons. The topological polar surface area (TPSA) is 160 Å². The molecule has 31 heavy (non-hydrogen) atoms. The van der Waals surface area contributed by atoms with Crippen LogP contribution in [0.2, 0.25) is 0 Å². The van der Waals surface area contributed by atoms with E-state index in [4.69, 9.17) is 0 Å². The number of nitrogens with zero attached hydrogens (tertiary/aromatic N) is 1. The number of carbonyl (C=O) groups is 2. The molecule has 0 unspecified atom stereocenters. The normalized spacial score (nSPS) is 13.3. The highest BCUT2D eigenvalue weighted by Crippen LogP contribution is 2.19. The van der Waals surface area contributed by atoms with Crippen LogP contribution < -0.4 is 20.7 Å². The van der Waals surface area contributed by atoms with Crippen molar-refractivity contribution in [3.63, 3.8) is 0 Å². The fourth-order valence-corrected chi connectivity index (χ4v) is 3.67. The molecule has 11 nitrogen and oxygen atoms in total. The Labute approximate surface area is 178 Å². The Morgan fingerprint density at radius 1 is 1.06 bits per heavy atom. The van der Waals surface area contributed by atoms with E-state index in [0.717, 1.165) is 18.9 Å². The Morgan fingerprint density at radius 2 is 1.77 bits per heavy atom. The second kappa shape index (κ2) is 9.53. The highest BCUT2D eigenvalue weighted by atomic mass is 32.2. The maximum atomic E-state index is 12.2. The summed E-state index contributed by atoms with van der Waals surface area (Å²) in [5.74, 6) is -0.413.